The molecule has 0 saturated heterocycles. The first-order valence-corrected chi connectivity index (χ1v) is 6.35. The molecular weight excluding hydrogens is 281 g/mol. The molecule has 4 rings (SSSR count). The monoisotopic (exact) mass is 290 g/mol. The van der Waals surface area contributed by atoms with Crippen LogP contribution in [-0.4, -0.2) is 5.11 Å². The Kier molecular flexibility index (Phi) is 2.12. The second kappa shape index (κ2) is 3.61. The van der Waals surface area contributed by atoms with Gasteiger partial charge in [0, 0.05) is 5.56 Å². The van der Waals surface area contributed by atoms with Crippen LogP contribution in [0.3, 0.4) is 0 Å². The molecule has 0 amide bonds. The molecule has 0 fully saturated rings. The molecule has 21 heavy (non-hydrogen) atoms. The number of ether oxygens (including phenoxy) is 1. The molecule has 0 spiro atoms. The molecule has 1 aliphatic heterocycles. The third kappa shape index (κ3) is 1.43. The third-order valence-electron chi connectivity index (χ3n) is 4.00. The van der Waals surface area contributed by atoms with E-state index in [1.165, 1.54) is 12.1 Å². The summed E-state index contributed by atoms with van der Waals surface area (Å²) in [7, 11) is 0. The minimum absolute atomic E-state index is 0.0703. The van der Waals surface area contributed by atoms with Gasteiger partial charge in [0.2, 0.25) is 0 Å². The fourth-order valence-corrected chi connectivity index (χ4v) is 2.93. The Morgan fingerprint density at radius 2 is 1.62 bits per heavy atom. The standard InChI is InChI=1S/C16H9F3O2/c17-16(18,19)10-7-5-9(6-8-10)15-11-3-1-2-4-12(11)21-14(15)13(15)20/h1-8,20H. The number of rotatable bonds is 1. The SMILES string of the molecule is OC1=C2Oc3ccccc3C12c1ccc(C(F)(F)F)cc1. The van der Waals surface area contributed by atoms with Gasteiger partial charge < -0.3 is 9.84 Å². The topological polar surface area (TPSA) is 29.5 Å². The number of allylic oxidation sites excluding steroid dienone is 2. The highest BCUT2D eigenvalue weighted by Crippen LogP contribution is 2.64. The van der Waals surface area contributed by atoms with Gasteiger partial charge in [-0.2, -0.15) is 13.2 Å². The van der Waals surface area contributed by atoms with E-state index in [1.807, 2.05) is 18.2 Å². The maximum atomic E-state index is 12.6. The number of aliphatic hydroxyl groups excluding tert-OH is 1. The van der Waals surface area contributed by atoms with Crippen LogP contribution in [0.4, 0.5) is 13.2 Å². The Morgan fingerprint density at radius 1 is 0.952 bits per heavy atom. The average Bonchev–Trinajstić information content (AvgIpc) is 2.90. The van der Waals surface area contributed by atoms with E-state index >= 15 is 0 Å². The van der Waals surface area contributed by atoms with E-state index in [2.05, 4.69) is 0 Å². The van der Waals surface area contributed by atoms with E-state index in [-0.39, 0.29) is 5.76 Å². The van der Waals surface area contributed by atoms with Crippen LogP contribution < -0.4 is 4.74 Å². The fraction of sp³-hybridized carbons (Fsp3) is 0.125. The quantitative estimate of drug-likeness (QED) is 0.854. The summed E-state index contributed by atoms with van der Waals surface area (Å²) in [6.45, 7) is 0. The Morgan fingerprint density at radius 3 is 2.29 bits per heavy atom. The van der Waals surface area contributed by atoms with Crippen molar-refractivity contribution < 1.29 is 23.0 Å². The zero-order valence-corrected chi connectivity index (χ0v) is 10.6. The lowest BCUT2D eigenvalue weighted by molar-refractivity contribution is -0.137. The number of aliphatic hydroxyl groups is 1. The zero-order chi connectivity index (χ0) is 14.8. The van der Waals surface area contributed by atoms with Crippen LogP contribution in [0.25, 0.3) is 0 Å². The number of hydrogen-bond acceptors (Lipinski definition) is 2. The van der Waals surface area contributed by atoms with Crippen LogP contribution in [0.15, 0.2) is 60.0 Å². The molecule has 2 aromatic rings. The highest BCUT2D eigenvalue weighted by molar-refractivity contribution is 5.73. The van der Waals surface area contributed by atoms with Gasteiger partial charge in [-0.05, 0) is 23.8 Å². The van der Waals surface area contributed by atoms with Crippen molar-refractivity contribution in [1.29, 1.82) is 0 Å². The number of para-hydroxylation sites is 1. The highest BCUT2D eigenvalue weighted by Gasteiger charge is 2.65. The van der Waals surface area contributed by atoms with Gasteiger partial charge in [-0.1, -0.05) is 30.3 Å². The van der Waals surface area contributed by atoms with Gasteiger partial charge >= 0.3 is 6.18 Å². The van der Waals surface area contributed by atoms with Gasteiger partial charge in [0.1, 0.15) is 11.2 Å². The Bertz CT molecular complexity index is 775. The van der Waals surface area contributed by atoms with Crippen LogP contribution in [0, 0.1) is 0 Å². The van der Waals surface area contributed by atoms with E-state index in [1.54, 1.807) is 6.07 Å². The summed E-state index contributed by atoms with van der Waals surface area (Å²) >= 11 is 0. The second-order valence-corrected chi connectivity index (χ2v) is 5.10. The summed E-state index contributed by atoms with van der Waals surface area (Å²) in [6, 6.07) is 12.0. The van der Waals surface area contributed by atoms with Crippen molar-refractivity contribution in [3.05, 3.63) is 76.7 Å². The van der Waals surface area contributed by atoms with Gasteiger partial charge in [-0.15, -0.1) is 0 Å². The van der Waals surface area contributed by atoms with Gasteiger partial charge in [0.05, 0.1) is 5.56 Å². The summed E-state index contributed by atoms with van der Waals surface area (Å²) < 4.78 is 43.5. The van der Waals surface area contributed by atoms with Crippen LogP contribution in [0.2, 0.25) is 0 Å². The molecular formula is C16H9F3O2. The van der Waals surface area contributed by atoms with E-state index in [9.17, 15) is 18.3 Å². The van der Waals surface area contributed by atoms with Crippen molar-refractivity contribution in [3.63, 3.8) is 0 Å². The maximum absolute atomic E-state index is 12.6. The Hall–Kier alpha value is -2.43. The zero-order valence-electron chi connectivity index (χ0n) is 10.6. The Balaban J connectivity index is 1.81. The number of hydrogen-bond donors (Lipinski definition) is 1. The number of alkyl halides is 3. The summed E-state index contributed by atoms with van der Waals surface area (Å²) in [5.41, 5.74) is -0.262. The highest BCUT2D eigenvalue weighted by atomic mass is 19.4. The molecule has 1 atom stereocenters. The smallest absolute Gasteiger partial charge is 0.416 e. The summed E-state index contributed by atoms with van der Waals surface area (Å²) in [6.07, 6.45) is -4.37. The third-order valence-corrected chi connectivity index (χ3v) is 4.00. The molecule has 0 radical (unpaired) electrons. The number of fused-ring (bicyclic) bond motifs is 3. The van der Waals surface area contributed by atoms with E-state index in [4.69, 9.17) is 4.74 Å². The normalized spacial score (nSPS) is 22.6. The van der Waals surface area contributed by atoms with Crippen LogP contribution >= 0.6 is 0 Å². The molecule has 0 bridgehead atoms. The number of halogens is 3. The second-order valence-electron chi connectivity index (χ2n) is 5.10. The molecule has 5 heteroatoms. The van der Waals surface area contributed by atoms with Crippen molar-refractivity contribution >= 4 is 0 Å². The Labute approximate surface area is 118 Å². The largest absolute Gasteiger partial charge is 0.507 e. The predicted octanol–water partition coefficient (Wildman–Crippen LogP) is 4.17. The molecule has 2 nitrogen and oxygen atoms in total. The van der Waals surface area contributed by atoms with E-state index in [0.717, 1.165) is 17.7 Å². The molecule has 2 aromatic carbocycles. The molecule has 106 valence electrons. The van der Waals surface area contributed by atoms with Gasteiger partial charge in [-0.3, -0.25) is 0 Å². The number of benzene rings is 2. The maximum Gasteiger partial charge on any atom is 0.416 e. The molecule has 0 saturated carbocycles. The fourth-order valence-electron chi connectivity index (χ4n) is 2.93. The first kappa shape index (κ1) is 12.3. The molecule has 1 aliphatic carbocycles. The van der Waals surface area contributed by atoms with Crippen LogP contribution in [-0.2, 0) is 11.6 Å². The molecule has 1 N–H and O–H groups in total. The molecule has 1 unspecified atom stereocenters. The first-order chi connectivity index (χ1) is 9.95. The van der Waals surface area contributed by atoms with Gasteiger partial charge in [-0.25, -0.2) is 0 Å². The van der Waals surface area contributed by atoms with Gasteiger partial charge in [0.15, 0.2) is 11.5 Å². The predicted molar refractivity (Wildman–Crippen MR) is 68.9 cm³/mol. The van der Waals surface area contributed by atoms with Crippen molar-refractivity contribution in [2.45, 2.75) is 11.6 Å². The molecule has 1 heterocycles. The van der Waals surface area contributed by atoms with Crippen molar-refractivity contribution in [2.75, 3.05) is 0 Å². The molecule has 2 aliphatic rings. The average molecular weight is 290 g/mol. The minimum atomic E-state index is -4.37. The van der Waals surface area contributed by atoms with Crippen molar-refractivity contribution in [1.82, 2.24) is 0 Å². The van der Waals surface area contributed by atoms with E-state index in [0.29, 0.717) is 17.1 Å². The lowest BCUT2D eigenvalue weighted by atomic mass is 9.85. The van der Waals surface area contributed by atoms with E-state index < -0.39 is 17.2 Å². The van der Waals surface area contributed by atoms with Gasteiger partial charge in [0.25, 0.3) is 0 Å². The lowest BCUT2D eigenvalue weighted by Gasteiger charge is -2.15. The first-order valence-electron chi connectivity index (χ1n) is 6.35. The molecule has 0 aromatic heterocycles. The van der Waals surface area contributed by atoms with Crippen LogP contribution in [0.5, 0.6) is 5.75 Å². The summed E-state index contributed by atoms with van der Waals surface area (Å²) in [5.74, 6) is 1.11. The minimum Gasteiger partial charge on any atom is -0.507 e. The van der Waals surface area contributed by atoms with Crippen molar-refractivity contribution in [3.8, 4) is 5.75 Å². The lowest BCUT2D eigenvalue weighted by Crippen LogP contribution is -2.14. The summed E-state index contributed by atoms with van der Waals surface area (Å²) in [5, 5.41) is 10.1. The van der Waals surface area contributed by atoms with Crippen LogP contribution in [0.1, 0.15) is 16.7 Å². The summed E-state index contributed by atoms with van der Waals surface area (Å²) in [4.78, 5) is 0. The van der Waals surface area contributed by atoms with Crippen molar-refractivity contribution in [2.24, 2.45) is 0 Å².